The molecule has 0 saturated heterocycles. The third kappa shape index (κ3) is 4.81. The van der Waals surface area contributed by atoms with E-state index in [9.17, 15) is 0 Å². The third-order valence-electron chi connectivity index (χ3n) is 3.06. The average Bonchev–Trinajstić information content (AvgIpc) is 2.45. The minimum absolute atomic E-state index is 0.422. The Hall–Kier alpha value is -0.480. The van der Waals surface area contributed by atoms with Crippen LogP contribution in [0.1, 0.15) is 5.56 Å². The zero-order chi connectivity index (χ0) is 14.4. The highest BCUT2D eigenvalue weighted by Gasteiger charge is 2.09. The Morgan fingerprint density at radius 1 is 1.20 bits per heavy atom. The van der Waals surface area contributed by atoms with E-state index in [1.165, 1.54) is 10.5 Å². The predicted octanol–water partition coefficient (Wildman–Crippen LogP) is 5.03. The SMILES string of the molecule is CNC(CSc1ccccc1Br)Cc1cccc(Cl)c1. The number of thioether (sulfide) groups is 1. The van der Waals surface area contributed by atoms with E-state index in [1.54, 1.807) is 0 Å². The maximum Gasteiger partial charge on any atom is 0.0408 e. The summed E-state index contributed by atoms with van der Waals surface area (Å²) in [5.74, 6) is 1.02. The molecule has 106 valence electrons. The van der Waals surface area contributed by atoms with Gasteiger partial charge in [0.25, 0.3) is 0 Å². The van der Waals surface area contributed by atoms with E-state index in [0.717, 1.165) is 21.7 Å². The van der Waals surface area contributed by atoms with E-state index in [-0.39, 0.29) is 0 Å². The monoisotopic (exact) mass is 369 g/mol. The van der Waals surface area contributed by atoms with Gasteiger partial charge in [0.15, 0.2) is 0 Å². The molecular formula is C16H17BrClNS. The Labute approximate surface area is 138 Å². The molecule has 0 bridgehead atoms. The second-order valence-electron chi connectivity index (χ2n) is 4.56. The molecule has 2 aromatic carbocycles. The van der Waals surface area contributed by atoms with Crippen molar-refractivity contribution in [1.29, 1.82) is 0 Å². The first-order valence-electron chi connectivity index (χ1n) is 6.48. The summed E-state index contributed by atoms with van der Waals surface area (Å²) in [5.41, 5.74) is 1.27. The molecule has 0 saturated carbocycles. The van der Waals surface area contributed by atoms with Crippen molar-refractivity contribution in [2.24, 2.45) is 0 Å². The fourth-order valence-electron chi connectivity index (χ4n) is 1.94. The summed E-state index contributed by atoms with van der Waals surface area (Å²) in [6.45, 7) is 0. The molecule has 0 heterocycles. The molecule has 0 radical (unpaired) electrons. The molecule has 1 atom stereocenters. The molecule has 1 nitrogen and oxygen atoms in total. The zero-order valence-electron chi connectivity index (χ0n) is 11.3. The molecule has 2 rings (SSSR count). The number of halogens is 2. The predicted molar refractivity (Wildman–Crippen MR) is 92.9 cm³/mol. The Morgan fingerprint density at radius 2 is 2.00 bits per heavy atom. The van der Waals surface area contributed by atoms with Crippen molar-refractivity contribution in [3.8, 4) is 0 Å². The number of hydrogen-bond donors (Lipinski definition) is 1. The molecule has 4 heteroatoms. The van der Waals surface area contributed by atoms with Gasteiger partial charge in [-0.1, -0.05) is 35.9 Å². The molecule has 1 N–H and O–H groups in total. The number of rotatable bonds is 6. The van der Waals surface area contributed by atoms with Crippen LogP contribution in [0.5, 0.6) is 0 Å². The first-order chi connectivity index (χ1) is 9.69. The van der Waals surface area contributed by atoms with Crippen LogP contribution in [-0.4, -0.2) is 18.8 Å². The van der Waals surface area contributed by atoms with Gasteiger partial charge in [0, 0.05) is 26.2 Å². The van der Waals surface area contributed by atoms with Gasteiger partial charge in [-0.15, -0.1) is 11.8 Å². The Bertz CT molecular complexity index is 562. The lowest BCUT2D eigenvalue weighted by Crippen LogP contribution is -2.30. The summed E-state index contributed by atoms with van der Waals surface area (Å²) >= 11 is 11.5. The molecule has 0 spiro atoms. The topological polar surface area (TPSA) is 12.0 Å². The fraction of sp³-hybridized carbons (Fsp3) is 0.250. The highest BCUT2D eigenvalue weighted by Crippen LogP contribution is 2.27. The lowest BCUT2D eigenvalue weighted by Gasteiger charge is -2.16. The van der Waals surface area contributed by atoms with Gasteiger partial charge in [0.05, 0.1) is 0 Å². The second kappa shape index (κ2) is 8.08. The van der Waals surface area contributed by atoms with Crippen molar-refractivity contribution in [3.05, 3.63) is 63.6 Å². The largest absolute Gasteiger partial charge is 0.316 e. The Balaban J connectivity index is 1.94. The van der Waals surface area contributed by atoms with Crippen molar-refractivity contribution in [3.63, 3.8) is 0 Å². The maximum atomic E-state index is 6.03. The van der Waals surface area contributed by atoms with Crippen molar-refractivity contribution >= 4 is 39.3 Å². The molecule has 0 aromatic heterocycles. The molecule has 0 amide bonds. The minimum Gasteiger partial charge on any atom is -0.316 e. The van der Waals surface area contributed by atoms with Crippen molar-refractivity contribution in [2.75, 3.05) is 12.8 Å². The quantitative estimate of drug-likeness (QED) is 0.716. The number of likely N-dealkylation sites (N-methyl/N-ethyl adjacent to an activating group) is 1. The Kier molecular flexibility index (Phi) is 6.43. The molecular weight excluding hydrogens is 354 g/mol. The van der Waals surface area contributed by atoms with E-state index in [4.69, 9.17) is 11.6 Å². The van der Waals surface area contributed by atoms with Gasteiger partial charge in [0.2, 0.25) is 0 Å². The average molecular weight is 371 g/mol. The molecule has 0 aliphatic heterocycles. The van der Waals surface area contributed by atoms with Gasteiger partial charge >= 0.3 is 0 Å². The normalized spacial score (nSPS) is 12.3. The molecule has 20 heavy (non-hydrogen) atoms. The van der Waals surface area contributed by atoms with Gasteiger partial charge in [-0.25, -0.2) is 0 Å². The number of nitrogens with one attached hydrogen (secondary N) is 1. The first kappa shape index (κ1) is 15.9. The highest BCUT2D eigenvalue weighted by molar-refractivity contribution is 9.10. The van der Waals surface area contributed by atoms with Gasteiger partial charge in [0.1, 0.15) is 0 Å². The van der Waals surface area contributed by atoms with Crippen molar-refractivity contribution < 1.29 is 0 Å². The van der Waals surface area contributed by atoms with Gasteiger partial charge in [-0.3, -0.25) is 0 Å². The van der Waals surface area contributed by atoms with Crippen LogP contribution >= 0.6 is 39.3 Å². The second-order valence-corrected chi connectivity index (χ2v) is 6.91. The van der Waals surface area contributed by atoms with Crippen LogP contribution < -0.4 is 5.32 Å². The summed E-state index contributed by atoms with van der Waals surface area (Å²) < 4.78 is 1.16. The smallest absolute Gasteiger partial charge is 0.0408 e. The van der Waals surface area contributed by atoms with Gasteiger partial charge < -0.3 is 5.32 Å². The minimum atomic E-state index is 0.422. The van der Waals surface area contributed by atoms with Crippen LogP contribution in [0.3, 0.4) is 0 Å². The van der Waals surface area contributed by atoms with E-state index in [1.807, 2.05) is 43.1 Å². The number of hydrogen-bond acceptors (Lipinski definition) is 2. The molecule has 1 unspecified atom stereocenters. The summed E-state index contributed by atoms with van der Waals surface area (Å²) in [7, 11) is 2.01. The zero-order valence-corrected chi connectivity index (χ0v) is 14.4. The van der Waals surface area contributed by atoms with E-state index >= 15 is 0 Å². The van der Waals surface area contributed by atoms with Crippen LogP contribution in [0.15, 0.2) is 57.9 Å². The third-order valence-corrected chi connectivity index (χ3v) is 5.48. The summed E-state index contributed by atoms with van der Waals surface area (Å²) in [4.78, 5) is 1.28. The molecule has 2 aromatic rings. The summed E-state index contributed by atoms with van der Waals surface area (Å²) in [6, 6.07) is 16.8. The van der Waals surface area contributed by atoms with Crippen LogP contribution in [0, 0.1) is 0 Å². The maximum absolute atomic E-state index is 6.03. The van der Waals surface area contributed by atoms with Crippen molar-refractivity contribution in [1.82, 2.24) is 5.32 Å². The number of benzene rings is 2. The fourth-order valence-corrected chi connectivity index (χ4v) is 3.83. The van der Waals surface area contributed by atoms with Crippen LogP contribution in [0.4, 0.5) is 0 Å². The van der Waals surface area contributed by atoms with Gasteiger partial charge in [-0.05, 0) is 59.2 Å². The Morgan fingerprint density at radius 3 is 2.70 bits per heavy atom. The molecule has 0 aliphatic rings. The lowest BCUT2D eigenvalue weighted by molar-refractivity contribution is 0.617. The van der Waals surface area contributed by atoms with Crippen LogP contribution in [-0.2, 0) is 6.42 Å². The lowest BCUT2D eigenvalue weighted by atomic mass is 10.1. The van der Waals surface area contributed by atoms with E-state index < -0.39 is 0 Å². The van der Waals surface area contributed by atoms with Crippen LogP contribution in [0.2, 0.25) is 5.02 Å². The van der Waals surface area contributed by atoms with E-state index in [0.29, 0.717) is 6.04 Å². The first-order valence-corrected chi connectivity index (χ1v) is 8.63. The van der Waals surface area contributed by atoms with Crippen LogP contribution in [0.25, 0.3) is 0 Å². The highest BCUT2D eigenvalue weighted by atomic mass is 79.9. The molecule has 0 fully saturated rings. The molecule has 0 aliphatic carbocycles. The van der Waals surface area contributed by atoms with Crippen molar-refractivity contribution in [2.45, 2.75) is 17.4 Å². The van der Waals surface area contributed by atoms with E-state index in [2.05, 4.69) is 45.5 Å². The summed E-state index contributed by atoms with van der Waals surface area (Å²) in [6.07, 6.45) is 0.981. The summed E-state index contributed by atoms with van der Waals surface area (Å²) in [5, 5.41) is 4.18. The van der Waals surface area contributed by atoms with Gasteiger partial charge in [-0.2, -0.15) is 0 Å². The standard InChI is InChI=1S/C16H17BrClNS/c1-19-14(10-12-5-4-6-13(18)9-12)11-20-16-8-3-2-7-15(16)17/h2-9,14,19H,10-11H2,1H3.